The third kappa shape index (κ3) is 12.8. The van der Waals surface area contributed by atoms with Crippen LogP contribution in [0.3, 0.4) is 0 Å². The molecule has 2 atom stereocenters. The van der Waals surface area contributed by atoms with Crippen molar-refractivity contribution in [3.63, 3.8) is 0 Å². The van der Waals surface area contributed by atoms with Crippen molar-refractivity contribution in [2.45, 2.75) is 38.3 Å². The number of esters is 1. The molecule has 0 aliphatic rings. The number of carbonyl (C=O) groups excluding carboxylic acids is 2. The molecule has 6 N–H and O–H groups in total. The zero-order chi connectivity index (χ0) is 27.6. The second kappa shape index (κ2) is 17.4. The molecule has 0 heterocycles. The van der Waals surface area contributed by atoms with Crippen LogP contribution in [-0.2, 0) is 38.6 Å². The van der Waals surface area contributed by atoms with E-state index in [1.807, 2.05) is 91.0 Å². The van der Waals surface area contributed by atoms with E-state index in [2.05, 4.69) is 5.32 Å². The summed E-state index contributed by atoms with van der Waals surface area (Å²) in [6, 6.07) is 28.3. The molecule has 0 aromatic heterocycles. The molecular weight excluding hydrogens is 482 g/mol. The number of benzene rings is 3. The van der Waals surface area contributed by atoms with Gasteiger partial charge in [-0.2, -0.15) is 0 Å². The molecule has 0 saturated heterocycles. The molecular formula is C30H37N3O5. The number of carbonyl (C=O) groups is 3. The molecule has 8 nitrogen and oxygen atoms in total. The Morgan fingerprint density at radius 3 is 1.87 bits per heavy atom. The van der Waals surface area contributed by atoms with Crippen molar-refractivity contribution in [1.82, 2.24) is 5.32 Å². The monoisotopic (exact) mass is 519 g/mol. The normalized spacial score (nSPS) is 11.9. The first-order valence-electron chi connectivity index (χ1n) is 12.6. The van der Waals surface area contributed by atoms with Gasteiger partial charge < -0.3 is 26.6 Å². The summed E-state index contributed by atoms with van der Waals surface area (Å²) in [6.07, 6.45) is 2.01. The van der Waals surface area contributed by atoms with Crippen molar-refractivity contribution in [3.8, 4) is 0 Å². The lowest BCUT2D eigenvalue weighted by Gasteiger charge is -2.13. The lowest BCUT2D eigenvalue weighted by Crippen LogP contribution is -2.38. The summed E-state index contributed by atoms with van der Waals surface area (Å²) in [7, 11) is 0. The summed E-state index contributed by atoms with van der Waals surface area (Å²) in [5.74, 6) is -2.05. The van der Waals surface area contributed by atoms with Crippen LogP contribution in [0.25, 0.3) is 0 Å². The van der Waals surface area contributed by atoms with Crippen LogP contribution in [0.1, 0.15) is 29.5 Å². The summed E-state index contributed by atoms with van der Waals surface area (Å²) >= 11 is 0. The summed E-state index contributed by atoms with van der Waals surface area (Å²) in [4.78, 5) is 33.7. The van der Waals surface area contributed by atoms with Gasteiger partial charge in [0, 0.05) is 13.1 Å². The molecule has 1 amide bonds. The predicted octanol–water partition coefficient (Wildman–Crippen LogP) is 3.08. The molecule has 3 aromatic rings. The van der Waals surface area contributed by atoms with Crippen molar-refractivity contribution in [2.75, 3.05) is 13.1 Å². The van der Waals surface area contributed by atoms with Crippen LogP contribution in [0.15, 0.2) is 91.0 Å². The topological polar surface area (TPSA) is 145 Å². The van der Waals surface area contributed by atoms with E-state index in [0.717, 1.165) is 23.1 Å². The lowest BCUT2D eigenvalue weighted by molar-refractivity contribution is -0.144. The first-order valence-corrected chi connectivity index (χ1v) is 12.6. The number of nitrogens with one attached hydrogen (secondary N) is 1. The van der Waals surface area contributed by atoms with Gasteiger partial charge in [-0.05, 0) is 36.0 Å². The molecule has 0 unspecified atom stereocenters. The Kier molecular flexibility index (Phi) is 13.9. The third-order valence-electron chi connectivity index (χ3n) is 5.78. The number of amides is 1. The molecule has 0 radical (unpaired) electrons. The van der Waals surface area contributed by atoms with Crippen molar-refractivity contribution in [1.29, 1.82) is 0 Å². The maximum Gasteiger partial charge on any atom is 0.307 e. The number of hydrogen-bond donors (Lipinski definition) is 4. The quantitative estimate of drug-likeness (QED) is 0.189. The fraction of sp³-hybridized carbons (Fsp3) is 0.300. The molecule has 0 aliphatic heterocycles. The van der Waals surface area contributed by atoms with E-state index in [0.29, 0.717) is 25.9 Å². The van der Waals surface area contributed by atoms with Crippen LogP contribution in [0.5, 0.6) is 0 Å². The molecule has 3 rings (SSSR count). The van der Waals surface area contributed by atoms with E-state index in [1.165, 1.54) is 0 Å². The first-order chi connectivity index (χ1) is 18.3. The van der Waals surface area contributed by atoms with Crippen molar-refractivity contribution in [3.05, 3.63) is 108 Å². The number of carboxylic acids is 1. The van der Waals surface area contributed by atoms with Crippen LogP contribution in [0, 0.1) is 5.92 Å². The molecule has 0 aliphatic carbocycles. The van der Waals surface area contributed by atoms with Gasteiger partial charge in [-0.3, -0.25) is 14.4 Å². The highest BCUT2D eigenvalue weighted by Gasteiger charge is 2.17. The van der Waals surface area contributed by atoms with Crippen molar-refractivity contribution >= 4 is 17.8 Å². The molecule has 3 aromatic carbocycles. The number of rotatable bonds is 14. The second-order valence-corrected chi connectivity index (χ2v) is 8.86. The van der Waals surface area contributed by atoms with E-state index < -0.39 is 23.8 Å². The van der Waals surface area contributed by atoms with Crippen molar-refractivity contribution in [2.24, 2.45) is 17.4 Å². The highest BCUT2D eigenvalue weighted by molar-refractivity contribution is 5.79. The molecule has 202 valence electrons. The summed E-state index contributed by atoms with van der Waals surface area (Å²) in [5.41, 5.74) is 13.6. The number of hydrogen-bond acceptors (Lipinski definition) is 6. The molecule has 38 heavy (non-hydrogen) atoms. The van der Waals surface area contributed by atoms with Gasteiger partial charge in [0.25, 0.3) is 0 Å². The Hall–Kier alpha value is -4.01. The Balaban J connectivity index is 0.000000352. The van der Waals surface area contributed by atoms with Gasteiger partial charge in [0.15, 0.2) is 0 Å². The van der Waals surface area contributed by atoms with E-state index in [1.54, 1.807) is 0 Å². The maximum absolute atomic E-state index is 11.7. The fourth-order valence-corrected chi connectivity index (χ4v) is 3.54. The van der Waals surface area contributed by atoms with Crippen LogP contribution in [-0.4, -0.2) is 42.1 Å². The Morgan fingerprint density at radius 1 is 0.816 bits per heavy atom. The number of carboxylic acid groups (broad SMARTS) is 1. The Morgan fingerprint density at radius 2 is 1.34 bits per heavy atom. The van der Waals surface area contributed by atoms with Crippen LogP contribution in [0.4, 0.5) is 0 Å². The van der Waals surface area contributed by atoms with Gasteiger partial charge in [-0.1, -0.05) is 91.0 Å². The van der Waals surface area contributed by atoms with Gasteiger partial charge in [0.1, 0.15) is 6.61 Å². The molecule has 0 saturated carbocycles. The predicted molar refractivity (Wildman–Crippen MR) is 147 cm³/mol. The third-order valence-corrected chi connectivity index (χ3v) is 5.78. The average Bonchev–Trinajstić information content (AvgIpc) is 2.93. The molecule has 8 heteroatoms. The SMILES string of the molecule is NC(=O)[C@@H](N)Cc1ccccc1.O=C(CCNC[C@@H](CCc1ccccc1)C(=O)O)OCc1ccccc1. The van der Waals surface area contributed by atoms with E-state index in [9.17, 15) is 19.5 Å². The number of aryl methyl sites for hydroxylation is 1. The van der Waals surface area contributed by atoms with E-state index in [4.69, 9.17) is 16.2 Å². The zero-order valence-electron chi connectivity index (χ0n) is 21.5. The second-order valence-electron chi connectivity index (χ2n) is 8.86. The summed E-state index contributed by atoms with van der Waals surface area (Å²) < 4.78 is 5.19. The molecule has 0 spiro atoms. The Bertz CT molecular complexity index is 1090. The maximum atomic E-state index is 11.7. The standard InChI is InChI=1S/C21H25NO4.C9H12N2O/c23-20(26-16-18-9-5-2-6-10-18)13-14-22-15-19(21(24)25)12-11-17-7-3-1-4-8-17;10-8(9(11)12)6-7-4-2-1-3-5-7/h1-10,19,22H,11-16H2,(H,24,25);1-5,8H,6,10H2,(H2,11,12)/t19-;8-/m10/s1. The van der Waals surface area contributed by atoms with Crippen LogP contribution >= 0.6 is 0 Å². The highest BCUT2D eigenvalue weighted by atomic mass is 16.5. The Labute approximate surface area is 224 Å². The van der Waals surface area contributed by atoms with Crippen LogP contribution < -0.4 is 16.8 Å². The number of nitrogens with two attached hydrogens (primary N) is 2. The first kappa shape index (κ1) is 30.2. The van der Waals surface area contributed by atoms with Crippen molar-refractivity contribution < 1.29 is 24.2 Å². The number of ether oxygens (including phenoxy) is 1. The zero-order valence-corrected chi connectivity index (χ0v) is 21.5. The number of aliphatic carboxylic acids is 1. The minimum Gasteiger partial charge on any atom is -0.481 e. The molecule has 0 fully saturated rings. The van der Waals surface area contributed by atoms with Gasteiger partial charge >= 0.3 is 11.9 Å². The molecule has 0 bridgehead atoms. The van der Waals surface area contributed by atoms with Gasteiger partial charge in [0.05, 0.1) is 18.4 Å². The van der Waals surface area contributed by atoms with Gasteiger partial charge in [-0.15, -0.1) is 0 Å². The average molecular weight is 520 g/mol. The smallest absolute Gasteiger partial charge is 0.307 e. The minimum absolute atomic E-state index is 0.220. The fourth-order valence-electron chi connectivity index (χ4n) is 3.54. The largest absolute Gasteiger partial charge is 0.481 e. The van der Waals surface area contributed by atoms with E-state index >= 15 is 0 Å². The summed E-state index contributed by atoms with van der Waals surface area (Å²) in [6.45, 7) is 1.01. The summed E-state index contributed by atoms with van der Waals surface area (Å²) in [5, 5.41) is 12.4. The van der Waals surface area contributed by atoms with Crippen LogP contribution in [0.2, 0.25) is 0 Å². The van der Waals surface area contributed by atoms with Gasteiger partial charge in [0.2, 0.25) is 5.91 Å². The lowest BCUT2D eigenvalue weighted by atomic mass is 9.99. The number of primary amides is 1. The van der Waals surface area contributed by atoms with Gasteiger partial charge in [-0.25, -0.2) is 0 Å². The highest BCUT2D eigenvalue weighted by Crippen LogP contribution is 2.10. The van der Waals surface area contributed by atoms with E-state index in [-0.39, 0.29) is 19.0 Å². The minimum atomic E-state index is -0.819.